The van der Waals surface area contributed by atoms with Crippen LogP contribution < -0.4 is 0 Å². The van der Waals surface area contributed by atoms with Crippen molar-refractivity contribution in [2.45, 2.75) is 129 Å². The normalized spacial score (nSPS) is 31.8. The van der Waals surface area contributed by atoms with Gasteiger partial charge in [0.2, 0.25) is 0 Å². The van der Waals surface area contributed by atoms with E-state index in [-0.39, 0.29) is 12.1 Å². The van der Waals surface area contributed by atoms with Crippen molar-refractivity contribution in [3.05, 3.63) is 35.5 Å². The monoisotopic (exact) mass is 495 g/mol. The largest absolute Gasteiger partial charge is 0.462 e. The van der Waals surface area contributed by atoms with Gasteiger partial charge >= 0.3 is 5.97 Å². The fourth-order valence-corrected chi connectivity index (χ4v) is 7.31. The van der Waals surface area contributed by atoms with Crippen LogP contribution in [0.1, 0.15) is 118 Å². The second-order valence-electron chi connectivity index (χ2n) is 12.7. The summed E-state index contributed by atoms with van der Waals surface area (Å²) in [6, 6.07) is 2.08. The van der Waals surface area contributed by atoms with Crippen LogP contribution in [0.4, 0.5) is 0 Å². The second kappa shape index (κ2) is 12.6. The van der Waals surface area contributed by atoms with E-state index in [1.54, 1.807) is 5.57 Å². The van der Waals surface area contributed by atoms with E-state index in [2.05, 4.69) is 38.6 Å². The van der Waals surface area contributed by atoms with Crippen LogP contribution in [0.3, 0.4) is 0 Å². The zero-order valence-corrected chi connectivity index (χ0v) is 23.3. The maximum absolute atomic E-state index is 12.1. The van der Waals surface area contributed by atoms with Gasteiger partial charge in [0.25, 0.3) is 0 Å². The highest BCUT2D eigenvalue weighted by Crippen LogP contribution is 2.60. The van der Waals surface area contributed by atoms with Crippen molar-refractivity contribution in [3.8, 4) is 6.07 Å². The second-order valence-corrected chi connectivity index (χ2v) is 12.7. The number of unbranched alkanes of at least 4 members (excludes halogenated alkanes) is 1. The first-order valence-corrected chi connectivity index (χ1v) is 14.4. The summed E-state index contributed by atoms with van der Waals surface area (Å²) >= 11 is 0. The van der Waals surface area contributed by atoms with Crippen LogP contribution in [-0.4, -0.2) is 22.8 Å². The molecule has 36 heavy (non-hydrogen) atoms. The van der Waals surface area contributed by atoms with Crippen LogP contribution in [-0.2, 0) is 9.53 Å². The first-order valence-electron chi connectivity index (χ1n) is 14.4. The fourth-order valence-electron chi connectivity index (χ4n) is 7.31. The number of aliphatic hydroxyl groups is 1. The average molecular weight is 496 g/mol. The lowest BCUT2D eigenvalue weighted by Gasteiger charge is -2.44. The Morgan fingerprint density at radius 3 is 2.78 bits per heavy atom. The van der Waals surface area contributed by atoms with E-state index in [9.17, 15) is 9.90 Å². The molecule has 0 aromatic carbocycles. The van der Waals surface area contributed by atoms with Crippen LogP contribution in [0.2, 0.25) is 0 Å². The molecule has 5 unspecified atom stereocenters. The summed E-state index contributed by atoms with van der Waals surface area (Å²) in [6.45, 7) is 13.1. The minimum Gasteiger partial charge on any atom is -0.462 e. The molecule has 4 nitrogen and oxygen atoms in total. The molecule has 0 spiro atoms. The quantitative estimate of drug-likeness (QED) is 0.246. The molecule has 1 N–H and O–H groups in total. The van der Waals surface area contributed by atoms with Crippen molar-refractivity contribution >= 4 is 5.97 Å². The van der Waals surface area contributed by atoms with Crippen molar-refractivity contribution in [3.63, 3.8) is 0 Å². The van der Waals surface area contributed by atoms with E-state index in [4.69, 9.17) is 10.00 Å². The number of nitriles is 1. The third kappa shape index (κ3) is 7.58. The van der Waals surface area contributed by atoms with Crippen LogP contribution in [0, 0.1) is 34.5 Å². The Hall–Kier alpha value is -1.86. The fraction of sp³-hybridized carbons (Fsp3) is 0.750. The predicted octanol–water partition coefficient (Wildman–Crippen LogP) is 7.98. The molecule has 5 atom stereocenters. The topological polar surface area (TPSA) is 70.3 Å². The van der Waals surface area contributed by atoms with Gasteiger partial charge in [-0.1, -0.05) is 56.6 Å². The Kier molecular flexibility index (Phi) is 10.0. The first kappa shape index (κ1) is 28.7. The Morgan fingerprint density at radius 1 is 1.28 bits per heavy atom. The van der Waals surface area contributed by atoms with E-state index < -0.39 is 5.60 Å². The van der Waals surface area contributed by atoms with Gasteiger partial charge in [0.05, 0.1) is 11.7 Å². The molecule has 4 heteroatoms. The van der Waals surface area contributed by atoms with Crippen LogP contribution >= 0.6 is 0 Å². The summed E-state index contributed by atoms with van der Waals surface area (Å²) in [5, 5.41) is 18.8. The highest BCUT2D eigenvalue weighted by Gasteiger charge is 2.50. The van der Waals surface area contributed by atoms with Gasteiger partial charge in [-0.05, 0) is 100 Å². The highest BCUT2D eigenvalue weighted by atomic mass is 16.5. The Balaban J connectivity index is 1.63. The van der Waals surface area contributed by atoms with Gasteiger partial charge in [-0.2, -0.15) is 5.26 Å². The lowest BCUT2D eigenvalue weighted by atomic mass is 9.60. The number of rotatable bonds is 10. The lowest BCUT2D eigenvalue weighted by Crippen LogP contribution is -2.36. The number of fused-ring (bicyclic) bond motifs is 1. The minimum atomic E-state index is -0.562. The maximum Gasteiger partial charge on any atom is 0.306 e. The van der Waals surface area contributed by atoms with Gasteiger partial charge in [0.1, 0.15) is 6.10 Å². The molecule has 3 rings (SSSR count). The molecule has 0 aromatic heterocycles. The number of allylic oxidation sites excluding steroid dienone is 4. The van der Waals surface area contributed by atoms with E-state index >= 15 is 0 Å². The summed E-state index contributed by atoms with van der Waals surface area (Å²) in [6.07, 6.45) is 17.9. The van der Waals surface area contributed by atoms with Crippen LogP contribution in [0.25, 0.3) is 0 Å². The molecule has 0 amide bonds. The predicted molar refractivity (Wildman–Crippen MR) is 146 cm³/mol. The third-order valence-corrected chi connectivity index (χ3v) is 9.31. The van der Waals surface area contributed by atoms with E-state index in [1.807, 2.05) is 13.8 Å². The summed E-state index contributed by atoms with van der Waals surface area (Å²) < 4.78 is 5.72. The molecule has 0 aromatic rings. The van der Waals surface area contributed by atoms with Crippen LogP contribution in [0.5, 0.6) is 0 Å². The maximum atomic E-state index is 12.1. The highest BCUT2D eigenvalue weighted by molar-refractivity contribution is 5.69. The summed E-state index contributed by atoms with van der Waals surface area (Å²) in [7, 11) is 0. The molecule has 3 aliphatic rings. The summed E-state index contributed by atoms with van der Waals surface area (Å²) in [5.41, 5.74) is 3.82. The zero-order chi connectivity index (χ0) is 26.3. The third-order valence-electron chi connectivity index (χ3n) is 9.31. The number of ether oxygens (including phenoxy) is 1. The molecule has 3 fully saturated rings. The SMILES string of the molecule is C=C1CCC(OC(=O)CCCC#N)C/C1=C\C=C1/CCCC2(C)C1CCC2C(C)CCCC(C)(C)O. The van der Waals surface area contributed by atoms with Crippen molar-refractivity contribution in [2.75, 3.05) is 0 Å². The zero-order valence-electron chi connectivity index (χ0n) is 23.3. The molecule has 0 saturated heterocycles. The van der Waals surface area contributed by atoms with Gasteiger partial charge in [0.15, 0.2) is 0 Å². The number of nitrogens with zero attached hydrogens (tertiary/aromatic N) is 1. The van der Waals surface area contributed by atoms with Gasteiger partial charge in [-0.25, -0.2) is 0 Å². The molecule has 3 saturated carbocycles. The summed E-state index contributed by atoms with van der Waals surface area (Å²) in [5.74, 6) is 1.93. The van der Waals surface area contributed by atoms with Gasteiger partial charge < -0.3 is 9.84 Å². The van der Waals surface area contributed by atoms with Crippen molar-refractivity contribution in [2.24, 2.45) is 23.2 Å². The van der Waals surface area contributed by atoms with Crippen molar-refractivity contribution < 1.29 is 14.6 Å². The van der Waals surface area contributed by atoms with E-state index in [1.165, 1.54) is 49.7 Å². The minimum absolute atomic E-state index is 0.0769. The average Bonchev–Trinajstić information content (AvgIpc) is 3.16. The van der Waals surface area contributed by atoms with Gasteiger partial charge in [-0.3, -0.25) is 4.79 Å². The lowest BCUT2D eigenvalue weighted by molar-refractivity contribution is -0.149. The Labute approximate surface area is 219 Å². The Bertz CT molecular complexity index is 886. The molecule has 3 aliphatic carbocycles. The van der Waals surface area contributed by atoms with Gasteiger partial charge in [-0.15, -0.1) is 0 Å². The number of esters is 1. The van der Waals surface area contributed by atoms with E-state index in [0.717, 1.165) is 38.0 Å². The molecule has 0 radical (unpaired) electrons. The summed E-state index contributed by atoms with van der Waals surface area (Å²) in [4.78, 5) is 12.1. The molecule has 0 heterocycles. The molecule has 0 aliphatic heterocycles. The molecule has 200 valence electrons. The number of carbonyl (C=O) groups excluding carboxylic acids is 1. The molecular weight excluding hydrogens is 446 g/mol. The van der Waals surface area contributed by atoms with Crippen molar-refractivity contribution in [1.82, 2.24) is 0 Å². The Morgan fingerprint density at radius 2 is 2.06 bits per heavy atom. The van der Waals surface area contributed by atoms with Crippen molar-refractivity contribution in [1.29, 1.82) is 5.26 Å². The first-order chi connectivity index (χ1) is 17.0. The smallest absolute Gasteiger partial charge is 0.306 e. The number of hydrogen-bond acceptors (Lipinski definition) is 4. The van der Waals surface area contributed by atoms with E-state index in [0.29, 0.717) is 36.5 Å². The number of hydrogen-bond donors (Lipinski definition) is 1. The standard InChI is InChI=1S/C32H49NO3/c1-23-13-16-27(36-30(34)12-6-7-21-33)22-26(23)15-14-25-11-9-20-32(5)28(17-18-29(25)32)24(2)10-8-19-31(3,4)35/h14-15,24,27-29,35H,1,6-13,16-20,22H2,2-5H3/b25-14+,26-15+. The van der Waals surface area contributed by atoms with Gasteiger partial charge in [0, 0.05) is 19.3 Å². The molecule has 0 bridgehead atoms. The molecular formula is C32H49NO3. The van der Waals surface area contributed by atoms with Crippen LogP contribution in [0.15, 0.2) is 35.5 Å². The number of carbonyl (C=O) groups is 1.